The van der Waals surface area contributed by atoms with E-state index < -0.39 is 15.8 Å². The van der Waals surface area contributed by atoms with Crippen molar-refractivity contribution in [3.05, 3.63) is 247 Å². The van der Waals surface area contributed by atoms with Gasteiger partial charge in [-0.25, -0.2) is 0 Å². The predicted octanol–water partition coefficient (Wildman–Crippen LogP) is 11.4. The van der Waals surface area contributed by atoms with E-state index in [2.05, 4.69) is 209 Å². The van der Waals surface area contributed by atoms with Crippen molar-refractivity contribution < 1.29 is 27.1 Å². The van der Waals surface area contributed by atoms with Gasteiger partial charge in [-0.1, -0.05) is 206 Å². The van der Waals surface area contributed by atoms with Gasteiger partial charge in [0.05, 0.1) is 5.69 Å². The van der Waals surface area contributed by atoms with E-state index in [1.54, 1.807) is 24.4 Å². The van der Waals surface area contributed by atoms with E-state index in [9.17, 15) is 5.11 Å². The summed E-state index contributed by atoms with van der Waals surface area (Å²) in [7, 11) is 3.68. The van der Waals surface area contributed by atoms with Crippen LogP contribution in [0.3, 0.4) is 0 Å². The topological polar surface area (TPSA) is 52.5 Å². The minimum Gasteiger partial charge on any atom is -0.0622 e. The van der Waals surface area contributed by atoms with Crippen molar-refractivity contribution in [3.63, 3.8) is 0 Å². The Balaban J connectivity index is 0.000000188. The smallest absolute Gasteiger partial charge is 0.0134 e. The van der Waals surface area contributed by atoms with Crippen LogP contribution in [0.5, 0.6) is 5.75 Å². The molecule has 8 rings (SSSR count). The van der Waals surface area contributed by atoms with E-state index in [-0.39, 0.29) is 5.75 Å². The second-order valence-corrected chi connectivity index (χ2v) is 17.3. The van der Waals surface area contributed by atoms with E-state index >= 15 is 0 Å². The Morgan fingerprint density at radius 2 is 0.814 bits per heavy atom. The fourth-order valence-corrected chi connectivity index (χ4v) is 10.5. The Bertz CT molecular complexity index is 2090. The summed E-state index contributed by atoms with van der Waals surface area (Å²) in [5.41, 5.74) is 2.47. The molecule has 59 heavy (non-hydrogen) atoms. The first-order valence-electron chi connectivity index (χ1n) is 18.3. The molecule has 0 bridgehead atoms. The number of benzene rings is 8. The molecule has 3 nitrogen and oxygen atoms in total. The number of aliphatic imine (C=N–C) groups is 1. The van der Waals surface area contributed by atoms with Crippen LogP contribution in [0, 0.1) is 19.6 Å². The maximum absolute atomic E-state index is 9.59. The Morgan fingerprint density at radius 1 is 0.525 bits per heavy atom. The normalized spacial score (nSPS) is 10.1. The molecule has 8 heteroatoms. The maximum atomic E-state index is 9.59. The van der Waals surface area contributed by atoms with Gasteiger partial charge < -0.3 is 5.11 Å². The molecule has 0 aliphatic rings. The van der Waals surface area contributed by atoms with E-state index in [4.69, 9.17) is 16.3 Å². The number of aromatic hydroxyl groups is 1. The van der Waals surface area contributed by atoms with E-state index in [1.165, 1.54) is 31.8 Å². The van der Waals surface area contributed by atoms with Crippen molar-refractivity contribution in [1.29, 1.82) is 0 Å². The molecule has 0 unspecified atom stereocenters. The third-order valence-corrected chi connectivity index (χ3v) is 13.5. The standard InChI is InChI=1S/2C18H15P.C14H11ClNO.CO.ClH.Ru/c2*1-4-10-16(11-5-1)19(17-12-6-2-7-13-17)18-14-8-3-9-15-18;1-10-2-7-14(17)11(8-10)9-16-13-5-3-12(15)4-6-13;1-2;;/h2*1-15H;2-6,8-9,17H,1H3;;1H;/q;;-1;;;+2/p-1. The first kappa shape index (κ1) is 46.7. The van der Waals surface area contributed by atoms with Crippen molar-refractivity contribution in [2.75, 3.05) is 0 Å². The van der Waals surface area contributed by atoms with Crippen LogP contribution in [0.1, 0.15) is 11.1 Å². The molecule has 294 valence electrons. The largest absolute Gasteiger partial charge is 0.0622 e. The van der Waals surface area contributed by atoms with Crippen molar-refractivity contribution in [1.82, 2.24) is 0 Å². The number of phenols is 1. The van der Waals surface area contributed by atoms with Crippen LogP contribution < -0.4 is 31.8 Å². The molecular formula is C51H41Cl2NO2P2Ru. The van der Waals surface area contributed by atoms with Crippen molar-refractivity contribution in [2.24, 2.45) is 4.99 Å². The monoisotopic (exact) mass is 933 g/mol. The van der Waals surface area contributed by atoms with Gasteiger partial charge in [-0.05, 0) is 78.2 Å². The summed E-state index contributed by atoms with van der Waals surface area (Å²) >= 11 is 7.60. The third kappa shape index (κ3) is 15.3. The van der Waals surface area contributed by atoms with Gasteiger partial charge in [0.25, 0.3) is 0 Å². The van der Waals surface area contributed by atoms with Crippen molar-refractivity contribution in [3.8, 4) is 5.75 Å². The zero-order valence-corrected chi connectivity index (χ0v) is 37.2. The number of rotatable bonds is 8. The average Bonchev–Trinajstić information content (AvgIpc) is 3.31. The number of hydrogen-bond acceptors (Lipinski definition) is 2. The van der Waals surface area contributed by atoms with Gasteiger partial charge in [0.2, 0.25) is 0 Å². The molecule has 0 atom stereocenters. The second-order valence-electron chi connectivity index (χ2n) is 12.4. The van der Waals surface area contributed by atoms with Crippen LogP contribution in [0.15, 0.2) is 223 Å². The molecule has 0 aromatic heterocycles. The van der Waals surface area contributed by atoms with Gasteiger partial charge in [0, 0.05) is 10.8 Å². The van der Waals surface area contributed by atoms with Crippen LogP contribution >= 0.6 is 37.1 Å². The molecule has 8 aromatic carbocycles. The summed E-state index contributed by atoms with van der Waals surface area (Å²) < 4.78 is 7.50. The molecule has 8 aromatic rings. The molecule has 0 radical (unpaired) electrons. The number of hydrogen-bond donors (Lipinski definition) is 1. The van der Waals surface area contributed by atoms with E-state index in [0.717, 1.165) is 11.3 Å². The van der Waals surface area contributed by atoms with Crippen molar-refractivity contribution >= 4 is 80.9 Å². The fraction of sp³-hybridized carbons (Fsp3) is 0.0196. The molecule has 0 heterocycles. The molecule has 0 amide bonds. The zero-order chi connectivity index (χ0) is 42.1. The Kier molecular flexibility index (Phi) is 21.3. The third-order valence-electron chi connectivity index (χ3n) is 8.36. The Hall–Kier alpha value is -4.97. The molecular weight excluding hydrogens is 892 g/mol. The van der Waals surface area contributed by atoms with Crippen molar-refractivity contribution in [2.45, 2.75) is 6.92 Å². The minimum absolute atomic E-state index is 0.105. The van der Waals surface area contributed by atoms with E-state index in [0.29, 0.717) is 10.6 Å². The maximum Gasteiger partial charge on any atom is -0.0134 e. The first-order chi connectivity index (χ1) is 29.0. The number of phenolic OH excluding ortho intramolecular Hbond substituents is 1. The van der Waals surface area contributed by atoms with Crippen LogP contribution in [-0.2, 0) is 22.0 Å². The van der Waals surface area contributed by atoms with Gasteiger partial charge >= 0.3 is 38.3 Å². The van der Waals surface area contributed by atoms with Crippen LogP contribution in [0.25, 0.3) is 0 Å². The Morgan fingerprint density at radius 3 is 1.10 bits per heavy atom. The molecule has 0 saturated heterocycles. The Labute approximate surface area is 370 Å². The van der Waals surface area contributed by atoms with Gasteiger partial charge in [-0.2, -0.15) is 17.7 Å². The summed E-state index contributed by atoms with van der Waals surface area (Å²) in [6, 6.07) is 78.2. The molecule has 0 spiro atoms. The predicted molar refractivity (Wildman–Crippen MR) is 250 cm³/mol. The zero-order valence-electron chi connectivity index (χ0n) is 32.2. The second kappa shape index (κ2) is 26.9. The minimum atomic E-state index is -0.446. The number of halogens is 2. The quantitative estimate of drug-likeness (QED) is 0.0533. The average molecular weight is 934 g/mol. The first-order valence-corrected chi connectivity index (χ1v) is 23.6. The molecule has 0 fully saturated rings. The summed E-state index contributed by atoms with van der Waals surface area (Å²) in [4.78, 5) is 4.26. The van der Waals surface area contributed by atoms with Crippen LogP contribution in [0.2, 0.25) is 5.02 Å². The fourth-order valence-electron chi connectivity index (χ4n) is 5.75. The number of nitrogens with zero attached hydrogens (tertiary/aromatic N) is 1. The van der Waals surface area contributed by atoms with E-state index in [1.807, 2.05) is 42.4 Å². The summed E-state index contributed by atoms with van der Waals surface area (Å²) in [5, 5.41) is 18.7. The molecule has 1 N–H and O–H groups in total. The molecule has 0 aliphatic carbocycles. The van der Waals surface area contributed by atoms with Gasteiger partial charge in [-0.3, -0.25) is 4.99 Å². The van der Waals surface area contributed by atoms with Gasteiger partial charge in [-0.15, -0.1) is 6.07 Å². The SMILES string of the molecule is Cc1c[c-]c(O)c(C=Nc2ccc(Cl)cc2)c1.[C-]#[O+].[Cl][Ru+].c1ccc(P(c2ccccc2)c2ccccc2)cc1.c1ccc(P(c2ccccc2)c2ccccc2)cc1. The summed E-state index contributed by atoms with van der Waals surface area (Å²) in [5.74, 6) is 0.105. The summed E-state index contributed by atoms with van der Waals surface area (Å²) in [6.45, 7) is 6.44. The van der Waals surface area contributed by atoms with Crippen LogP contribution in [0.4, 0.5) is 5.69 Å². The van der Waals surface area contributed by atoms with Gasteiger partial charge in [0.1, 0.15) is 0 Å². The molecule has 0 aliphatic heterocycles. The molecule has 0 saturated carbocycles. The van der Waals surface area contributed by atoms with Gasteiger partial charge in [0.15, 0.2) is 0 Å². The number of aryl methyl sites for hydroxylation is 1. The van der Waals surface area contributed by atoms with Crippen LogP contribution in [-0.4, -0.2) is 11.3 Å². The summed E-state index contributed by atoms with van der Waals surface area (Å²) in [6.07, 6.45) is 1.61.